The Morgan fingerprint density at radius 2 is 2.28 bits per heavy atom. The van der Waals surface area contributed by atoms with Gasteiger partial charge in [0.2, 0.25) is 0 Å². The molecule has 4 heteroatoms. The van der Waals surface area contributed by atoms with Crippen LogP contribution in [0.15, 0.2) is 30.5 Å². The maximum Gasteiger partial charge on any atom is 0.0738 e. The van der Waals surface area contributed by atoms with Crippen LogP contribution < -0.4 is 5.32 Å². The number of hydrogen-bond acceptors (Lipinski definition) is 3. The quantitative estimate of drug-likeness (QED) is 0.895. The lowest BCUT2D eigenvalue weighted by atomic mass is 9.88. The molecule has 1 aromatic heterocycles. The molecule has 1 aromatic carbocycles. The van der Waals surface area contributed by atoms with Crippen LogP contribution in [0.4, 0.5) is 0 Å². The van der Waals surface area contributed by atoms with Crippen LogP contribution in [0.25, 0.3) is 0 Å². The molecule has 1 aliphatic rings. The van der Waals surface area contributed by atoms with Crippen molar-refractivity contribution >= 4 is 0 Å². The third-order valence-corrected chi connectivity index (χ3v) is 3.71. The summed E-state index contributed by atoms with van der Waals surface area (Å²) in [6.07, 6.45) is 5.50. The van der Waals surface area contributed by atoms with Gasteiger partial charge in [-0.05, 0) is 30.4 Å². The zero-order valence-electron chi connectivity index (χ0n) is 10.6. The predicted octanol–water partition coefficient (Wildman–Crippen LogP) is 1.98. The van der Waals surface area contributed by atoms with Gasteiger partial charge in [-0.3, -0.25) is 4.68 Å². The Morgan fingerprint density at radius 3 is 3.11 bits per heavy atom. The van der Waals surface area contributed by atoms with E-state index in [0.29, 0.717) is 6.04 Å². The van der Waals surface area contributed by atoms with Gasteiger partial charge in [-0.2, -0.15) is 0 Å². The first-order chi connectivity index (χ1) is 8.84. The lowest BCUT2D eigenvalue weighted by molar-refractivity contribution is 0.450. The molecule has 0 saturated heterocycles. The molecular formula is C14H18N4. The lowest BCUT2D eigenvalue weighted by Crippen LogP contribution is -2.25. The number of hydrogen-bond donors (Lipinski definition) is 1. The van der Waals surface area contributed by atoms with Crippen molar-refractivity contribution in [2.75, 3.05) is 0 Å². The molecule has 94 valence electrons. The number of aromatic nitrogens is 3. The van der Waals surface area contributed by atoms with E-state index in [0.717, 1.165) is 12.2 Å². The van der Waals surface area contributed by atoms with Gasteiger partial charge in [-0.1, -0.05) is 29.5 Å². The molecule has 0 aliphatic heterocycles. The number of nitrogens with zero attached hydrogens (tertiary/aromatic N) is 3. The van der Waals surface area contributed by atoms with Crippen molar-refractivity contribution in [2.24, 2.45) is 7.05 Å². The van der Waals surface area contributed by atoms with Crippen molar-refractivity contribution in [2.45, 2.75) is 31.8 Å². The molecule has 3 rings (SSSR count). The van der Waals surface area contributed by atoms with E-state index in [4.69, 9.17) is 0 Å². The smallest absolute Gasteiger partial charge is 0.0738 e. The molecule has 0 spiro atoms. The van der Waals surface area contributed by atoms with E-state index in [1.54, 1.807) is 0 Å². The van der Waals surface area contributed by atoms with Gasteiger partial charge in [0.15, 0.2) is 0 Å². The molecule has 0 radical (unpaired) electrons. The summed E-state index contributed by atoms with van der Waals surface area (Å²) in [6.45, 7) is 0.822. The van der Waals surface area contributed by atoms with Crippen LogP contribution in [-0.2, 0) is 20.0 Å². The van der Waals surface area contributed by atoms with Crippen LogP contribution in [0.5, 0.6) is 0 Å². The van der Waals surface area contributed by atoms with Crippen LogP contribution in [0.1, 0.15) is 35.7 Å². The Balaban J connectivity index is 1.73. The van der Waals surface area contributed by atoms with Crippen molar-refractivity contribution in [1.82, 2.24) is 20.3 Å². The highest BCUT2D eigenvalue weighted by Gasteiger charge is 2.19. The molecule has 1 atom stereocenters. The first-order valence-corrected chi connectivity index (χ1v) is 6.49. The summed E-state index contributed by atoms with van der Waals surface area (Å²) in [5.74, 6) is 0. The Bertz CT molecular complexity index is 532. The largest absolute Gasteiger partial charge is 0.304 e. The third-order valence-electron chi connectivity index (χ3n) is 3.71. The topological polar surface area (TPSA) is 42.7 Å². The summed E-state index contributed by atoms with van der Waals surface area (Å²) in [7, 11) is 1.93. The second-order valence-electron chi connectivity index (χ2n) is 4.87. The van der Waals surface area contributed by atoms with Gasteiger partial charge in [0.05, 0.1) is 11.9 Å². The van der Waals surface area contributed by atoms with Crippen molar-refractivity contribution < 1.29 is 0 Å². The number of aryl methyl sites for hydroxylation is 2. The highest BCUT2D eigenvalue weighted by Crippen LogP contribution is 2.29. The third kappa shape index (κ3) is 2.16. The van der Waals surface area contributed by atoms with Gasteiger partial charge in [0, 0.05) is 19.6 Å². The van der Waals surface area contributed by atoms with Crippen LogP contribution in [0, 0.1) is 0 Å². The molecule has 1 aliphatic carbocycles. The average Bonchev–Trinajstić information content (AvgIpc) is 2.82. The van der Waals surface area contributed by atoms with Gasteiger partial charge in [-0.15, -0.1) is 5.10 Å². The predicted molar refractivity (Wildman–Crippen MR) is 70.0 cm³/mol. The molecule has 18 heavy (non-hydrogen) atoms. The molecule has 1 heterocycles. The van der Waals surface area contributed by atoms with Crippen LogP contribution in [0.2, 0.25) is 0 Å². The molecule has 0 fully saturated rings. The highest BCUT2D eigenvalue weighted by molar-refractivity contribution is 5.32. The van der Waals surface area contributed by atoms with E-state index in [2.05, 4.69) is 39.9 Å². The number of rotatable bonds is 3. The summed E-state index contributed by atoms with van der Waals surface area (Å²) in [4.78, 5) is 0. The highest BCUT2D eigenvalue weighted by atomic mass is 15.4. The summed E-state index contributed by atoms with van der Waals surface area (Å²) in [5, 5.41) is 11.5. The van der Waals surface area contributed by atoms with E-state index in [1.165, 1.54) is 30.4 Å². The summed E-state index contributed by atoms with van der Waals surface area (Å²) >= 11 is 0. The van der Waals surface area contributed by atoms with E-state index in [9.17, 15) is 0 Å². The minimum absolute atomic E-state index is 0.463. The molecule has 1 unspecified atom stereocenters. The molecule has 1 N–H and O–H groups in total. The standard InChI is InChI=1S/C14H18N4/c1-18-12(10-16-17-18)9-15-14-8-4-6-11-5-2-3-7-13(11)14/h2-3,5,7,10,14-15H,4,6,8-9H2,1H3. The fraction of sp³-hybridized carbons (Fsp3) is 0.429. The Morgan fingerprint density at radius 1 is 1.39 bits per heavy atom. The average molecular weight is 242 g/mol. The van der Waals surface area contributed by atoms with Gasteiger partial charge in [0.1, 0.15) is 0 Å². The molecule has 0 bridgehead atoms. The van der Waals surface area contributed by atoms with Gasteiger partial charge in [-0.25, -0.2) is 0 Å². The first-order valence-electron chi connectivity index (χ1n) is 6.49. The number of nitrogens with one attached hydrogen (secondary N) is 1. The minimum atomic E-state index is 0.463. The number of fused-ring (bicyclic) bond motifs is 1. The molecular weight excluding hydrogens is 224 g/mol. The van der Waals surface area contributed by atoms with E-state index >= 15 is 0 Å². The Hall–Kier alpha value is -1.68. The molecule has 0 amide bonds. The monoisotopic (exact) mass is 242 g/mol. The fourth-order valence-corrected chi connectivity index (χ4v) is 2.66. The van der Waals surface area contributed by atoms with Gasteiger partial charge >= 0.3 is 0 Å². The van der Waals surface area contributed by atoms with Crippen molar-refractivity contribution in [3.05, 3.63) is 47.3 Å². The number of benzene rings is 1. The van der Waals surface area contributed by atoms with Gasteiger partial charge in [0.25, 0.3) is 0 Å². The maximum atomic E-state index is 3.95. The first kappa shape index (κ1) is 11.4. The second kappa shape index (κ2) is 4.90. The summed E-state index contributed by atoms with van der Waals surface area (Å²) in [6, 6.07) is 9.21. The van der Waals surface area contributed by atoms with Gasteiger partial charge < -0.3 is 5.32 Å². The lowest BCUT2D eigenvalue weighted by Gasteiger charge is -2.26. The van der Waals surface area contributed by atoms with E-state index in [1.807, 2.05) is 17.9 Å². The second-order valence-corrected chi connectivity index (χ2v) is 4.87. The zero-order chi connectivity index (χ0) is 12.4. The minimum Gasteiger partial charge on any atom is -0.304 e. The van der Waals surface area contributed by atoms with Crippen LogP contribution in [-0.4, -0.2) is 15.0 Å². The summed E-state index contributed by atoms with van der Waals surface area (Å²) < 4.78 is 1.82. The molecule has 2 aromatic rings. The molecule has 4 nitrogen and oxygen atoms in total. The van der Waals surface area contributed by atoms with Crippen LogP contribution >= 0.6 is 0 Å². The zero-order valence-corrected chi connectivity index (χ0v) is 10.6. The van der Waals surface area contributed by atoms with Crippen molar-refractivity contribution in [3.8, 4) is 0 Å². The normalized spacial score (nSPS) is 18.6. The van der Waals surface area contributed by atoms with Crippen molar-refractivity contribution in [1.29, 1.82) is 0 Å². The SMILES string of the molecule is Cn1nncc1CNC1CCCc2ccccc21. The Kier molecular flexibility index (Phi) is 3.11. The van der Waals surface area contributed by atoms with Crippen molar-refractivity contribution in [3.63, 3.8) is 0 Å². The van der Waals surface area contributed by atoms with E-state index in [-0.39, 0.29) is 0 Å². The Labute approximate surface area is 107 Å². The van der Waals surface area contributed by atoms with E-state index < -0.39 is 0 Å². The molecule has 0 saturated carbocycles. The fourth-order valence-electron chi connectivity index (χ4n) is 2.66. The maximum absolute atomic E-state index is 3.95. The summed E-state index contributed by atoms with van der Waals surface area (Å²) in [5.41, 5.74) is 4.07. The van der Waals surface area contributed by atoms with Crippen LogP contribution in [0.3, 0.4) is 0 Å².